The molecule has 1 heterocycles. The van der Waals surface area contributed by atoms with E-state index in [1.165, 1.54) is 36.5 Å². The zero-order chi connectivity index (χ0) is 19.8. The van der Waals surface area contributed by atoms with E-state index in [4.69, 9.17) is 4.74 Å². The van der Waals surface area contributed by atoms with Crippen molar-refractivity contribution in [2.75, 3.05) is 18.5 Å². The van der Waals surface area contributed by atoms with Crippen molar-refractivity contribution in [2.45, 2.75) is 13.3 Å². The van der Waals surface area contributed by atoms with Crippen molar-refractivity contribution in [3.05, 3.63) is 56.3 Å². The summed E-state index contributed by atoms with van der Waals surface area (Å²) in [7, 11) is 0. The fraction of sp³-hybridized carbons (Fsp3) is 0.235. The fourth-order valence-corrected chi connectivity index (χ4v) is 2.77. The van der Waals surface area contributed by atoms with Crippen LogP contribution in [0.4, 0.5) is 11.4 Å². The molecule has 1 aromatic carbocycles. The lowest BCUT2D eigenvalue weighted by Crippen LogP contribution is -2.27. The van der Waals surface area contributed by atoms with Crippen LogP contribution in [0.15, 0.2) is 35.7 Å². The van der Waals surface area contributed by atoms with Crippen LogP contribution >= 0.6 is 11.3 Å². The molecule has 9 nitrogen and oxygen atoms in total. The normalized spacial score (nSPS) is 10.1. The van der Waals surface area contributed by atoms with Gasteiger partial charge in [0.05, 0.1) is 27.5 Å². The van der Waals surface area contributed by atoms with E-state index in [1.54, 1.807) is 17.5 Å². The van der Waals surface area contributed by atoms with Crippen LogP contribution < -0.4 is 10.6 Å². The van der Waals surface area contributed by atoms with Gasteiger partial charge in [0.15, 0.2) is 6.61 Å². The van der Waals surface area contributed by atoms with E-state index in [2.05, 4.69) is 10.6 Å². The number of nitrogens with zero attached hydrogens (tertiary/aromatic N) is 1. The number of hydrogen-bond acceptors (Lipinski definition) is 7. The molecule has 0 spiro atoms. The first-order valence-electron chi connectivity index (χ1n) is 7.89. The van der Waals surface area contributed by atoms with Gasteiger partial charge in [0.25, 0.3) is 17.5 Å². The SMILES string of the molecule is Cc1c(NC(=O)COC(=O)CCNC(=O)c2cccs2)cccc1[N+](=O)[O-]. The van der Waals surface area contributed by atoms with Gasteiger partial charge < -0.3 is 15.4 Å². The molecule has 0 atom stereocenters. The second kappa shape index (κ2) is 9.43. The number of nitro groups is 1. The number of carbonyl (C=O) groups is 3. The average Bonchev–Trinajstić information content (AvgIpc) is 3.16. The molecule has 0 aliphatic heterocycles. The van der Waals surface area contributed by atoms with Gasteiger partial charge in [0.1, 0.15) is 0 Å². The van der Waals surface area contributed by atoms with Gasteiger partial charge in [-0.25, -0.2) is 0 Å². The Kier molecular flexibility index (Phi) is 7.00. The zero-order valence-corrected chi connectivity index (χ0v) is 15.2. The smallest absolute Gasteiger partial charge is 0.308 e. The summed E-state index contributed by atoms with van der Waals surface area (Å²) < 4.78 is 4.83. The van der Waals surface area contributed by atoms with Crippen molar-refractivity contribution in [3.8, 4) is 0 Å². The number of ether oxygens (including phenoxy) is 1. The molecule has 2 rings (SSSR count). The van der Waals surface area contributed by atoms with E-state index in [0.717, 1.165) is 0 Å². The van der Waals surface area contributed by atoms with Gasteiger partial charge in [0.2, 0.25) is 0 Å². The monoisotopic (exact) mass is 391 g/mol. The van der Waals surface area contributed by atoms with Crippen LogP contribution in [0, 0.1) is 17.0 Å². The Balaban J connectivity index is 1.74. The van der Waals surface area contributed by atoms with Crippen LogP contribution in [0.1, 0.15) is 21.7 Å². The van der Waals surface area contributed by atoms with Crippen LogP contribution in [-0.4, -0.2) is 35.9 Å². The minimum Gasteiger partial charge on any atom is -0.456 e. The Morgan fingerprint density at radius 1 is 1.22 bits per heavy atom. The molecule has 0 fully saturated rings. The van der Waals surface area contributed by atoms with E-state index in [9.17, 15) is 24.5 Å². The van der Waals surface area contributed by atoms with E-state index >= 15 is 0 Å². The van der Waals surface area contributed by atoms with E-state index in [-0.39, 0.29) is 30.2 Å². The number of carbonyl (C=O) groups excluding carboxylic acids is 3. The first kappa shape index (κ1) is 20.0. The van der Waals surface area contributed by atoms with Crippen molar-refractivity contribution in [1.82, 2.24) is 5.32 Å². The second-order valence-corrected chi connectivity index (χ2v) is 6.35. The fourth-order valence-electron chi connectivity index (χ4n) is 2.13. The summed E-state index contributed by atoms with van der Waals surface area (Å²) in [5.41, 5.74) is 0.457. The predicted octanol–water partition coefficient (Wildman–Crippen LogP) is 2.27. The van der Waals surface area contributed by atoms with Gasteiger partial charge in [-0.15, -0.1) is 11.3 Å². The number of amides is 2. The van der Waals surface area contributed by atoms with Gasteiger partial charge in [-0.3, -0.25) is 24.5 Å². The quantitative estimate of drug-likeness (QED) is 0.404. The van der Waals surface area contributed by atoms with Crippen molar-refractivity contribution in [1.29, 1.82) is 0 Å². The molecule has 1 aromatic heterocycles. The molecule has 2 aromatic rings. The molecular weight excluding hydrogens is 374 g/mol. The maximum Gasteiger partial charge on any atom is 0.308 e. The Bertz CT molecular complexity index is 850. The van der Waals surface area contributed by atoms with Crippen molar-refractivity contribution >= 4 is 40.5 Å². The summed E-state index contributed by atoms with van der Waals surface area (Å²) in [6, 6.07) is 7.70. The third kappa shape index (κ3) is 5.89. The van der Waals surface area contributed by atoms with Gasteiger partial charge in [-0.2, -0.15) is 0 Å². The number of nitrogens with one attached hydrogen (secondary N) is 2. The zero-order valence-electron chi connectivity index (χ0n) is 14.4. The Hall–Kier alpha value is -3.27. The minimum atomic E-state index is -0.646. The number of anilines is 1. The summed E-state index contributed by atoms with van der Waals surface area (Å²) in [5, 5.41) is 17.7. The van der Waals surface area contributed by atoms with E-state index < -0.39 is 23.4 Å². The van der Waals surface area contributed by atoms with Gasteiger partial charge in [0, 0.05) is 12.6 Å². The maximum atomic E-state index is 11.9. The summed E-state index contributed by atoms with van der Waals surface area (Å²) in [6.45, 7) is 1.07. The predicted molar refractivity (Wildman–Crippen MR) is 98.7 cm³/mol. The van der Waals surface area contributed by atoms with E-state index in [1.807, 2.05) is 0 Å². The molecule has 0 saturated heterocycles. The number of esters is 1. The summed E-state index contributed by atoms with van der Waals surface area (Å²) >= 11 is 1.29. The second-order valence-electron chi connectivity index (χ2n) is 5.40. The number of thiophene rings is 1. The molecule has 0 aliphatic rings. The van der Waals surface area contributed by atoms with Crippen LogP contribution in [0.25, 0.3) is 0 Å². The van der Waals surface area contributed by atoms with Gasteiger partial charge in [-0.1, -0.05) is 12.1 Å². The van der Waals surface area contributed by atoms with Crippen LogP contribution in [0.2, 0.25) is 0 Å². The van der Waals surface area contributed by atoms with Crippen LogP contribution in [-0.2, 0) is 14.3 Å². The number of benzene rings is 1. The molecule has 27 heavy (non-hydrogen) atoms. The lowest BCUT2D eigenvalue weighted by Gasteiger charge is -2.09. The van der Waals surface area contributed by atoms with Crippen LogP contribution in [0.5, 0.6) is 0 Å². The Labute approximate surface area is 158 Å². The number of rotatable bonds is 8. The molecule has 0 saturated carbocycles. The molecular formula is C17H17N3O6S. The highest BCUT2D eigenvalue weighted by Crippen LogP contribution is 2.24. The Morgan fingerprint density at radius 3 is 2.67 bits per heavy atom. The maximum absolute atomic E-state index is 11.9. The van der Waals surface area contributed by atoms with Crippen molar-refractivity contribution in [3.63, 3.8) is 0 Å². The number of nitro benzene ring substituents is 1. The topological polar surface area (TPSA) is 128 Å². The minimum absolute atomic E-state index is 0.0831. The molecule has 10 heteroatoms. The Morgan fingerprint density at radius 2 is 2.00 bits per heavy atom. The lowest BCUT2D eigenvalue weighted by atomic mass is 10.1. The molecule has 2 N–H and O–H groups in total. The molecule has 0 bridgehead atoms. The lowest BCUT2D eigenvalue weighted by molar-refractivity contribution is -0.385. The molecule has 0 radical (unpaired) electrons. The van der Waals surface area contributed by atoms with Gasteiger partial charge >= 0.3 is 5.97 Å². The highest BCUT2D eigenvalue weighted by molar-refractivity contribution is 7.12. The average molecular weight is 391 g/mol. The molecule has 142 valence electrons. The van der Waals surface area contributed by atoms with Crippen molar-refractivity contribution in [2.24, 2.45) is 0 Å². The summed E-state index contributed by atoms with van der Waals surface area (Å²) in [4.78, 5) is 46.1. The largest absolute Gasteiger partial charge is 0.456 e. The van der Waals surface area contributed by atoms with Crippen molar-refractivity contribution < 1.29 is 24.0 Å². The molecule has 0 unspecified atom stereocenters. The first-order valence-corrected chi connectivity index (χ1v) is 8.77. The third-order valence-electron chi connectivity index (χ3n) is 3.50. The standard InChI is InChI=1S/C17H17N3O6S/c1-11-12(4-2-5-13(11)20(24)25)19-15(21)10-26-16(22)7-8-18-17(23)14-6-3-9-27-14/h2-6,9H,7-8,10H2,1H3,(H,18,23)(H,19,21). The highest BCUT2D eigenvalue weighted by atomic mass is 32.1. The molecule has 2 amide bonds. The summed E-state index contributed by atoms with van der Waals surface area (Å²) in [6.07, 6.45) is -0.0831. The first-order chi connectivity index (χ1) is 12.9. The number of hydrogen-bond donors (Lipinski definition) is 2. The van der Waals surface area contributed by atoms with Gasteiger partial charge in [-0.05, 0) is 24.4 Å². The highest BCUT2D eigenvalue weighted by Gasteiger charge is 2.15. The molecule has 0 aliphatic carbocycles. The summed E-state index contributed by atoms with van der Waals surface area (Å²) in [5.74, 6) is -1.54. The third-order valence-corrected chi connectivity index (χ3v) is 4.37. The van der Waals surface area contributed by atoms with Crippen LogP contribution in [0.3, 0.4) is 0 Å². The van der Waals surface area contributed by atoms with E-state index in [0.29, 0.717) is 10.4 Å².